The van der Waals surface area contributed by atoms with Crippen molar-refractivity contribution in [3.8, 4) is 0 Å². The molecule has 126 valence electrons. The molecule has 0 atom stereocenters. The third-order valence-electron chi connectivity index (χ3n) is 6.11. The Balaban J connectivity index is 1.48. The van der Waals surface area contributed by atoms with Gasteiger partial charge in [-0.2, -0.15) is 5.10 Å². The average molecular weight is 318 g/mol. The molecule has 0 saturated heterocycles. The van der Waals surface area contributed by atoms with E-state index in [1.165, 1.54) is 32.1 Å². The molecule has 1 heterocycles. The Kier molecular flexibility index (Phi) is 3.79. The highest BCUT2D eigenvalue weighted by molar-refractivity contribution is 5.98. The normalized spacial score (nSPS) is 34.6. The lowest BCUT2D eigenvalue weighted by atomic mass is 9.54. The molecule has 3 N–H and O–H groups in total. The Morgan fingerprint density at radius 3 is 2.52 bits per heavy atom. The fourth-order valence-corrected chi connectivity index (χ4v) is 5.38. The van der Waals surface area contributed by atoms with E-state index in [1.54, 1.807) is 17.9 Å². The second-order valence-electron chi connectivity index (χ2n) is 7.61. The van der Waals surface area contributed by atoms with Gasteiger partial charge >= 0.3 is 0 Å². The maximum Gasteiger partial charge on any atom is 0.256 e. The van der Waals surface area contributed by atoms with E-state index in [9.17, 15) is 4.79 Å². The first-order chi connectivity index (χ1) is 11.2. The van der Waals surface area contributed by atoms with Gasteiger partial charge in [0.15, 0.2) is 0 Å². The minimum atomic E-state index is -0.0315. The van der Waals surface area contributed by atoms with Gasteiger partial charge in [-0.25, -0.2) is 0 Å². The van der Waals surface area contributed by atoms with E-state index in [-0.39, 0.29) is 12.5 Å². The lowest BCUT2D eigenvalue weighted by molar-refractivity contribution is -0.0119. The van der Waals surface area contributed by atoms with Gasteiger partial charge in [0.2, 0.25) is 0 Å². The molecule has 4 aliphatic carbocycles. The average Bonchev–Trinajstić information content (AvgIpc) is 2.89. The Morgan fingerprint density at radius 2 is 1.91 bits per heavy atom. The molecular weight excluding hydrogens is 292 g/mol. The van der Waals surface area contributed by atoms with Gasteiger partial charge in [0.05, 0.1) is 12.8 Å². The number of anilines is 1. The van der Waals surface area contributed by atoms with Gasteiger partial charge in [0.25, 0.3) is 5.91 Å². The van der Waals surface area contributed by atoms with Gasteiger partial charge in [0, 0.05) is 19.6 Å². The van der Waals surface area contributed by atoms with Crippen LogP contribution in [0.4, 0.5) is 5.82 Å². The fraction of sp³-hybridized carbons (Fsp3) is 0.765. The van der Waals surface area contributed by atoms with E-state index in [0.29, 0.717) is 35.8 Å². The highest BCUT2D eigenvalue weighted by atomic mass is 16.3. The van der Waals surface area contributed by atoms with Crippen LogP contribution < -0.4 is 10.6 Å². The lowest BCUT2D eigenvalue weighted by Crippen LogP contribution is -2.55. The molecule has 5 rings (SSSR count). The predicted octanol–water partition coefficient (Wildman–Crippen LogP) is 1.38. The predicted molar refractivity (Wildman–Crippen MR) is 87.1 cm³/mol. The van der Waals surface area contributed by atoms with Crippen molar-refractivity contribution < 1.29 is 9.90 Å². The van der Waals surface area contributed by atoms with Crippen molar-refractivity contribution in [3.05, 3.63) is 11.8 Å². The first kappa shape index (κ1) is 15.0. The largest absolute Gasteiger partial charge is 0.395 e. The molecule has 1 amide bonds. The number of aliphatic hydroxyl groups is 1. The zero-order chi connectivity index (χ0) is 16.0. The molecule has 4 aliphatic rings. The number of aromatic nitrogens is 2. The highest BCUT2D eigenvalue weighted by Crippen LogP contribution is 2.53. The summed E-state index contributed by atoms with van der Waals surface area (Å²) >= 11 is 0. The van der Waals surface area contributed by atoms with Crippen LogP contribution in [0.3, 0.4) is 0 Å². The monoisotopic (exact) mass is 318 g/mol. The van der Waals surface area contributed by atoms with E-state index in [2.05, 4.69) is 15.7 Å². The number of carbonyl (C=O) groups is 1. The van der Waals surface area contributed by atoms with Crippen molar-refractivity contribution in [2.75, 3.05) is 18.5 Å². The minimum absolute atomic E-state index is 0.0296. The zero-order valence-electron chi connectivity index (χ0n) is 13.7. The molecule has 6 nitrogen and oxygen atoms in total. The van der Waals surface area contributed by atoms with Crippen molar-refractivity contribution in [3.63, 3.8) is 0 Å². The van der Waals surface area contributed by atoms with Gasteiger partial charge in [-0.3, -0.25) is 9.48 Å². The topological polar surface area (TPSA) is 79.2 Å². The Labute approximate surface area is 136 Å². The number of hydrogen-bond donors (Lipinski definition) is 3. The third kappa shape index (κ3) is 2.63. The van der Waals surface area contributed by atoms with Crippen molar-refractivity contribution in [2.24, 2.45) is 30.7 Å². The van der Waals surface area contributed by atoms with Crippen LogP contribution in [0.25, 0.3) is 0 Å². The SMILES string of the molecule is Cn1ncc(C(=O)NC2C3CC4CC(C3)CC2C4)c1NCCO. The molecular formula is C17H26N4O2. The number of hydrogen-bond acceptors (Lipinski definition) is 4. The number of aryl methyl sites for hydroxylation is 1. The van der Waals surface area contributed by atoms with Crippen LogP contribution in [-0.4, -0.2) is 40.0 Å². The summed E-state index contributed by atoms with van der Waals surface area (Å²) in [6, 6.07) is 0.334. The van der Waals surface area contributed by atoms with Crippen LogP contribution in [-0.2, 0) is 7.05 Å². The van der Waals surface area contributed by atoms with Crippen LogP contribution in [0.15, 0.2) is 6.20 Å². The number of nitrogens with zero attached hydrogens (tertiary/aromatic N) is 2. The summed E-state index contributed by atoms with van der Waals surface area (Å²) in [6.07, 6.45) is 8.21. The zero-order valence-corrected chi connectivity index (χ0v) is 13.7. The molecule has 1 aromatic heterocycles. The Bertz CT molecular complexity index is 569. The van der Waals surface area contributed by atoms with Gasteiger partial charge in [-0.1, -0.05) is 0 Å². The molecule has 6 heteroatoms. The minimum Gasteiger partial charge on any atom is -0.395 e. The van der Waals surface area contributed by atoms with E-state index < -0.39 is 0 Å². The number of carbonyl (C=O) groups excluding carboxylic acids is 1. The Hall–Kier alpha value is -1.56. The number of nitrogens with one attached hydrogen (secondary N) is 2. The third-order valence-corrected chi connectivity index (χ3v) is 6.11. The van der Waals surface area contributed by atoms with Gasteiger partial charge < -0.3 is 15.7 Å². The Morgan fingerprint density at radius 1 is 1.26 bits per heavy atom. The van der Waals surface area contributed by atoms with E-state index in [0.717, 1.165) is 11.8 Å². The molecule has 1 aromatic rings. The standard InChI is InChI=1S/C17H26N4O2/c1-21-16(18-2-3-22)14(9-19-21)17(23)20-15-12-5-10-4-11(7-12)8-13(15)6-10/h9-13,15,18,22H,2-8H2,1H3,(H,20,23). The molecule has 0 radical (unpaired) electrons. The molecule has 0 aliphatic heterocycles. The van der Waals surface area contributed by atoms with E-state index in [1.807, 2.05) is 0 Å². The first-order valence-corrected chi connectivity index (χ1v) is 8.83. The molecule has 4 bridgehead atoms. The maximum absolute atomic E-state index is 12.8. The summed E-state index contributed by atoms with van der Waals surface area (Å²) in [6.45, 7) is 0.444. The molecule has 23 heavy (non-hydrogen) atoms. The second-order valence-corrected chi connectivity index (χ2v) is 7.61. The van der Waals surface area contributed by atoms with Crippen molar-refractivity contribution >= 4 is 11.7 Å². The number of rotatable bonds is 5. The summed E-state index contributed by atoms with van der Waals surface area (Å²) in [5, 5.41) is 19.6. The number of aliphatic hydroxyl groups excluding tert-OH is 1. The van der Waals surface area contributed by atoms with Crippen LogP contribution in [0.1, 0.15) is 42.5 Å². The van der Waals surface area contributed by atoms with Gasteiger partial charge in [-0.05, 0) is 55.8 Å². The molecule has 0 spiro atoms. The molecule has 4 fully saturated rings. The summed E-state index contributed by atoms with van der Waals surface area (Å²) < 4.78 is 1.65. The van der Waals surface area contributed by atoms with E-state index in [4.69, 9.17) is 5.11 Å². The molecule has 4 saturated carbocycles. The number of amides is 1. The van der Waals surface area contributed by atoms with Gasteiger partial charge in [-0.15, -0.1) is 0 Å². The van der Waals surface area contributed by atoms with Crippen molar-refractivity contribution in [1.82, 2.24) is 15.1 Å². The van der Waals surface area contributed by atoms with Crippen LogP contribution in [0.2, 0.25) is 0 Å². The quantitative estimate of drug-likeness (QED) is 0.766. The summed E-state index contributed by atoms with van der Waals surface area (Å²) in [7, 11) is 1.80. The summed E-state index contributed by atoms with van der Waals surface area (Å²) in [5.74, 6) is 3.80. The fourth-order valence-electron chi connectivity index (χ4n) is 5.38. The van der Waals surface area contributed by atoms with Crippen LogP contribution in [0, 0.1) is 23.7 Å². The first-order valence-electron chi connectivity index (χ1n) is 8.83. The smallest absolute Gasteiger partial charge is 0.256 e. The van der Waals surface area contributed by atoms with Crippen molar-refractivity contribution in [2.45, 2.75) is 38.1 Å². The van der Waals surface area contributed by atoms with E-state index >= 15 is 0 Å². The summed E-state index contributed by atoms with van der Waals surface area (Å²) in [4.78, 5) is 12.8. The highest BCUT2D eigenvalue weighted by Gasteiger charge is 2.48. The van der Waals surface area contributed by atoms with Crippen molar-refractivity contribution in [1.29, 1.82) is 0 Å². The molecule has 0 unspecified atom stereocenters. The maximum atomic E-state index is 12.8. The van der Waals surface area contributed by atoms with Gasteiger partial charge in [0.1, 0.15) is 11.4 Å². The van der Waals surface area contributed by atoms with Crippen LogP contribution >= 0.6 is 0 Å². The second kappa shape index (κ2) is 5.82. The molecule has 0 aromatic carbocycles. The lowest BCUT2D eigenvalue weighted by Gasteiger charge is -2.54. The summed E-state index contributed by atoms with van der Waals surface area (Å²) in [5.41, 5.74) is 0.578. The van der Waals surface area contributed by atoms with Crippen LogP contribution in [0.5, 0.6) is 0 Å².